The molecule has 0 atom stereocenters. The molecule has 3 aromatic carbocycles. The summed E-state index contributed by atoms with van der Waals surface area (Å²) >= 11 is 0. The summed E-state index contributed by atoms with van der Waals surface area (Å²) in [5.41, 5.74) is 1.76. The average Bonchev–Trinajstić information content (AvgIpc) is 2.73. The number of ether oxygens (including phenoxy) is 2. The van der Waals surface area contributed by atoms with E-state index in [4.69, 9.17) is 9.47 Å². The molecular formula is C21H18N2O5. The van der Waals surface area contributed by atoms with Gasteiger partial charge in [0.2, 0.25) is 0 Å². The number of nitro benzene ring substituents is 1. The lowest BCUT2D eigenvalue weighted by Crippen LogP contribution is -2.13. The van der Waals surface area contributed by atoms with Gasteiger partial charge in [0.05, 0.1) is 19.1 Å². The lowest BCUT2D eigenvalue weighted by atomic mass is 10.0. The van der Waals surface area contributed by atoms with Crippen LogP contribution in [0.25, 0.3) is 11.1 Å². The highest BCUT2D eigenvalue weighted by Crippen LogP contribution is 2.32. The van der Waals surface area contributed by atoms with Crippen molar-refractivity contribution in [3.05, 3.63) is 82.4 Å². The maximum absolute atomic E-state index is 12.6. The van der Waals surface area contributed by atoms with Gasteiger partial charge in [-0.25, -0.2) is 0 Å². The van der Waals surface area contributed by atoms with Crippen LogP contribution in [-0.2, 0) is 0 Å². The Bertz CT molecular complexity index is 1020. The minimum absolute atomic E-state index is 0.115. The molecule has 3 rings (SSSR count). The third kappa shape index (κ3) is 3.93. The largest absolute Gasteiger partial charge is 0.493 e. The Morgan fingerprint density at radius 3 is 2.25 bits per heavy atom. The van der Waals surface area contributed by atoms with Gasteiger partial charge in [-0.2, -0.15) is 0 Å². The summed E-state index contributed by atoms with van der Waals surface area (Å²) in [4.78, 5) is 23.6. The zero-order valence-electron chi connectivity index (χ0n) is 15.3. The molecule has 1 N–H and O–H groups in total. The molecule has 0 unspecified atom stereocenters. The molecule has 0 aliphatic carbocycles. The van der Waals surface area contributed by atoms with Crippen LogP contribution in [0.1, 0.15) is 10.4 Å². The van der Waals surface area contributed by atoms with Gasteiger partial charge in [0, 0.05) is 11.6 Å². The Morgan fingerprint density at radius 2 is 1.61 bits per heavy atom. The normalized spacial score (nSPS) is 10.2. The molecule has 3 aromatic rings. The second-order valence-corrected chi connectivity index (χ2v) is 5.88. The van der Waals surface area contributed by atoms with Crippen LogP contribution in [0.15, 0.2) is 66.7 Å². The number of hydrogen-bond acceptors (Lipinski definition) is 5. The van der Waals surface area contributed by atoms with Crippen molar-refractivity contribution in [1.29, 1.82) is 0 Å². The SMILES string of the molecule is COc1ccc(C(=O)Nc2ccc(-c3ccccc3)cc2[N+](=O)[O-])cc1OC. The Morgan fingerprint density at radius 1 is 0.893 bits per heavy atom. The summed E-state index contributed by atoms with van der Waals surface area (Å²) in [6, 6.07) is 18.7. The van der Waals surface area contributed by atoms with E-state index in [1.807, 2.05) is 30.3 Å². The summed E-state index contributed by atoms with van der Waals surface area (Å²) in [6.07, 6.45) is 0. The number of carbonyl (C=O) groups excluding carboxylic acids is 1. The van der Waals surface area contributed by atoms with Crippen molar-refractivity contribution in [2.45, 2.75) is 0 Å². The lowest BCUT2D eigenvalue weighted by Gasteiger charge is -2.11. The van der Waals surface area contributed by atoms with Crippen LogP contribution in [0.3, 0.4) is 0 Å². The number of nitrogens with zero attached hydrogens (tertiary/aromatic N) is 1. The van der Waals surface area contributed by atoms with E-state index >= 15 is 0 Å². The number of hydrogen-bond donors (Lipinski definition) is 1. The average molecular weight is 378 g/mol. The molecule has 0 saturated heterocycles. The maximum atomic E-state index is 12.6. The molecular weight excluding hydrogens is 360 g/mol. The zero-order valence-corrected chi connectivity index (χ0v) is 15.3. The number of amides is 1. The van der Waals surface area contributed by atoms with Crippen molar-refractivity contribution < 1.29 is 19.2 Å². The third-order valence-electron chi connectivity index (χ3n) is 4.20. The third-order valence-corrected chi connectivity index (χ3v) is 4.20. The Kier molecular flexibility index (Phi) is 5.55. The Hall–Kier alpha value is -3.87. The van der Waals surface area contributed by atoms with E-state index in [0.717, 1.165) is 5.56 Å². The Labute approximate surface area is 161 Å². The topological polar surface area (TPSA) is 90.7 Å². The van der Waals surface area contributed by atoms with Gasteiger partial charge in [-0.3, -0.25) is 14.9 Å². The minimum atomic E-state index is -0.517. The summed E-state index contributed by atoms with van der Waals surface area (Å²) in [5, 5.41) is 14.1. The van der Waals surface area contributed by atoms with Crippen LogP contribution in [0.2, 0.25) is 0 Å². The molecule has 0 aliphatic heterocycles. The molecule has 7 heteroatoms. The van der Waals surface area contributed by atoms with Gasteiger partial charge >= 0.3 is 0 Å². The van der Waals surface area contributed by atoms with Gasteiger partial charge in [-0.1, -0.05) is 36.4 Å². The number of rotatable bonds is 6. The van der Waals surface area contributed by atoms with E-state index in [0.29, 0.717) is 22.6 Å². The standard InChI is InChI=1S/C21H18N2O5/c1-27-19-11-9-16(13-20(19)28-2)21(24)22-17-10-8-15(12-18(17)23(25)26)14-6-4-3-5-7-14/h3-13H,1-2H3,(H,22,24). The maximum Gasteiger partial charge on any atom is 0.293 e. The first-order chi connectivity index (χ1) is 13.5. The predicted molar refractivity (Wildman–Crippen MR) is 106 cm³/mol. The van der Waals surface area contributed by atoms with Crippen molar-refractivity contribution in [1.82, 2.24) is 0 Å². The van der Waals surface area contributed by atoms with Gasteiger partial charge in [-0.15, -0.1) is 0 Å². The zero-order chi connectivity index (χ0) is 20.1. The van der Waals surface area contributed by atoms with Gasteiger partial charge in [0.1, 0.15) is 5.69 Å². The fraction of sp³-hybridized carbons (Fsp3) is 0.0952. The molecule has 0 heterocycles. The van der Waals surface area contributed by atoms with Crippen molar-refractivity contribution in [2.75, 3.05) is 19.5 Å². The molecule has 7 nitrogen and oxygen atoms in total. The first-order valence-corrected chi connectivity index (χ1v) is 8.40. The van der Waals surface area contributed by atoms with Gasteiger partial charge < -0.3 is 14.8 Å². The predicted octanol–water partition coefficient (Wildman–Crippen LogP) is 4.53. The molecule has 28 heavy (non-hydrogen) atoms. The lowest BCUT2D eigenvalue weighted by molar-refractivity contribution is -0.383. The van der Waals surface area contributed by atoms with Crippen molar-refractivity contribution in [3.63, 3.8) is 0 Å². The molecule has 0 fully saturated rings. The van der Waals surface area contributed by atoms with Gasteiger partial charge in [-0.05, 0) is 35.4 Å². The van der Waals surface area contributed by atoms with E-state index in [1.165, 1.54) is 32.4 Å². The molecule has 0 spiro atoms. The second-order valence-electron chi connectivity index (χ2n) is 5.88. The summed E-state index contributed by atoms with van der Waals surface area (Å²) in [5.74, 6) is 0.387. The number of carbonyl (C=O) groups is 1. The quantitative estimate of drug-likeness (QED) is 0.503. The monoisotopic (exact) mass is 378 g/mol. The Balaban J connectivity index is 1.91. The highest BCUT2D eigenvalue weighted by molar-refractivity contribution is 6.06. The van der Waals surface area contributed by atoms with Gasteiger partial charge in [0.15, 0.2) is 11.5 Å². The first-order valence-electron chi connectivity index (χ1n) is 8.40. The van der Waals surface area contributed by atoms with E-state index < -0.39 is 10.8 Å². The van der Waals surface area contributed by atoms with Crippen LogP contribution in [0.5, 0.6) is 11.5 Å². The van der Waals surface area contributed by atoms with Gasteiger partial charge in [0.25, 0.3) is 11.6 Å². The van der Waals surface area contributed by atoms with Crippen LogP contribution >= 0.6 is 0 Å². The number of anilines is 1. The fourth-order valence-corrected chi connectivity index (χ4v) is 2.77. The van der Waals surface area contributed by atoms with E-state index in [-0.39, 0.29) is 11.4 Å². The molecule has 0 radical (unpaired) electrons. The summed E-state index contributed by atoms with van der Waals surface area (Å²) in [7, 11) is 2.96. The fourth-order valence-electron chi connectivity index (χ4n) is 2.77. The minimum Gasteiger partial charge on any atom is -0.493 e. The molecule has 0 aromatic heterocycles. The van der Waals surface area contributed by atoms with Crippen LogP contribution in [-0.4, -0.2) is 25.1 Å². The van der Waals surface area contributed by atoms with Crippen LogP contribution < -0.4 is 14.8 Å². The number of nitro groups is 1. The van der Waals surface area contributed by atoms with Crippen LogP contribution in [0, 0.1) is 10.1 Å². The molecule has 0 aliphatic rings. The highest BCUT2D eigenvalue weighted by atomic mass is 16.6. The van der Waals surface area contributed by atoms with Crippen molar-refractivity contribution in [2.24, 2.45) is 0 Å². The van der Waals surface area contributed by atoms with Crippen LogP contribution in [0.4, 0.5) is 11.4 Å². The van der Waals surface area contributed by atoms with E-state index in [1.54, 1.807) is 18.2 Å². The smallest absolute Gasteiger partial charge is 0.293 e. The highest BCUT2D eigenvalue weighted by Gasteiger charge is 2.19. The van der Waals surface area contributed by atoms with Crippen molar-refractivity contribution in [3.8, 4) is 22.6 Å². The van der Waals surface area contributed by atoms with E-state index in [2.05, 4.69) is 5.32 Å². The summed E-state index contributed by atoms with van der Waals surface area (Å²) in [6.45, 7) is 0. The number of methoxy groups -OCH3 is 2. The molecule has 142 valence electrons. The van der Waals surface area contributed by atoms with Crippen molar-refractivity contribution >= 4 is 17.3 Å². The molecule has 0 bridgehead atoms. The molecule has 1 amide bonds. The molecule has 0 saturated carbocycles. The second kappa shape index (κ2) is 8.22. The number of nitrogens with one attached hydrogen (secondary N) is 1. The number of benzene rings is 3. The van der Waals surface area contributed by atoms with E-state index in [9.17, 15) is 14.9 Å². The first kappa shape index (κ1) is 18.9. The summed E-state index contributed by atoms with van der Waals surface area (Å²) < 4.78 is 10.3.